The van der Waals surface area contributed by atoms with Crippen LogP contribution in [0.25, 0.3) is 0 Å². The van der Waals surface area contributed by atoms with Gasteiger partial charge in [0.05, 0.1) is 0 Å². The Balaban J connectivity index is 0.00000176. The van der Waals surface area contributed by atoms with E-state index in [0.717, 1.165) is 38.9 Å². The number of piperidine rings is 1. The minimum Gasteiger partial charge on any atom is -0.355 e. The summed E-state index contributed by atoms with van der Waals surface area (Å²) >= 11 is 0. The normalized spacial score (nSPS) is 20.5. The second-order valence-electron chi connectivity index (χ2n) is 6.76. The number of carbonyl (C=O) groups excluding carboxylic acids is 1. The van der Waals surface area contributed by atoms with E-state index in [4.69, 9.17) is 0 Å². The number of rotatable bonds is 5. The summed E-state index contributed by atoms with van der Waals surface area (Å²) in [6.07, 6.45) is 6.86. The van der Waals surface area contributed by atoms with Crippen LogP contribution < -0.4 is 10.6 Å². The quantitative estimate of drug-likeness (QED) is 0.875. The zero-order chi connectivity index (χ0) is 14.5. The molecule has 1 aromatic rings. The van der Waals surface area contributed by atoms with Gasteiger partial charge >= 0.3 is 0 Å². The van der Waals surface area contributed by atoms with Crippen molar-refractivity contribution in [2.75, 3.05) is 19.6 Å². The Labute approximate surface area is 139 Å². The van der Waals surface area contributed by atoms with E-state index in [1.807, 2.05) is 0 Å². The van der Waals surface area contributed by atoms with Crippen LogP contribution >= 0.6 is 12.4 Å². The van der Waals surface area contributed by atoms with Gasteiger partial charge in [0.1, 0.15) is 0 Å². The van der Waals surface area contributed by atoms with Crippen molar-refractivity contribution in [1.82, 2.24) is 10.6 Å². The second-order valence-corrected chi connectivity index (χ2v) is 6.76. The predicted molar refractivity (Wildman–Crippen MR) is 92.3 cm³/mol. The SMILES string of the molecule is Cl.O=C(NCC1(Cc2ccccc2)CCC1)C1CCNCC1. The Kier molecular flexibility index (Phi) is 6.27. The molecular formula is C18H27ClN2O. The fourth-order valence-corrected chi connectivity index (χ4v) is 3.62. The Morgan fingerprint density at radius 3 is 2.45 bits per heavy atom. The highest BCUT2D eigenvalue weighted by Gasteiger charge is 2.37. The first-order chi connectivity index (χ1) is 10.3. The molecule has 0 unspecified atom stereocenters. The van der Waals surface area contributed by atoms with Gasteiger partial charge in [-0.2, -0.15) is 0 Å². The lowest BCUT2D eigenvalue weighted by Gasteiger charge is -2.42. The topological polar surface area (TPSA) is 41.1 Å². The van der Waals surface area contributed by atoms with E-state index in [1.54, 1.807) is 0 Å². The molecule has 0 radical (unpaired) electrons. The largest absolute Gasteiger partial charge is 0.355 e. The van der Waals surface area contributed by atoms with Crippen LogP contribution in [-0.4, -0.2) is 25.5 Å². The first kappa shape index (κ1) is 17.3. The molecule has 2 aliphatic rings. The standard InChI is InChI=1S/C18H26N2O.ClH/c21-17(16-7-11-19-12-8-16)20-14-18(9-4-10-18)13-15-5-2-1-3-6-15;/h1-3,5-6,16,19H,4,7-14H2,(H,20,21);1H. The number of nitrogens with one attached hydrogen (secondary N) is 2. The van der Waals surface area contributed by atoms with Crippen molar-refractivity contribution in [3.63, 3.8) is 0 Å². The molecule has 2 fully saturated rings. The van der Waals surface area contributed by atoms with Gasteiger partial charge in [-0.15, -0.1) is 12.4 Å². The summed E-state index contributed by atoms with van der Waals surface area (Å²) in [4.78, 5) is 12.3. The molecule has 1 aliphatic carbocycles. The molecule has 3 nitrogen and oxygen atoms in total. The van der Waals surface area contributed by atoms with Crippen molar-refractivity contribution < 1.29 is 4.79 Å². The highest BCUT2D eigenvalue weighted by atomic mass is 35.5. The molecule has 3 rings (SSSR count). The maximum atomic E-state index is 12.3. The number of halogens is 1. The van der Waals surface area contributed by atoms with Crippen LogP contribution in [0.4, 0.5) is 0 Å². The summed E-state index contributed by atoms with van der Waals surface area (Å²) in [7, 11) is 0. The summed E-state index contributed by atoms with van der Waals surface area (Å²) in [6.45, 7) is 2.81. The fraction of sp³-hybridized carbons (Fsp3) is 0.611. The summed E-state index contributed by atoms with van der Waals surface area (Å²) < 4.78 is 0. The van der Waals surface area contributed by atoms with Crippen molar-refractivity contribution in [2.45, 2.75) is 38.5 Å². The number of hydrogen-bond acceptors (Lipinski definition) is 2. The summed E-state index contributed by atoms with van der Waals surface area (Å²) in [5.74, 6) is 0.496. The van der Waals surface area contributed by atoms with Gasteiger partial charge in [0, 0.05) is 12.5 Å². The molecule has 1 aliphatic heterocycles. The van der Waals surface area contributed by atoms with Gasteiger partial charge < -0.3 is 10.6 Å². The van der Waals surface area contributed by atoms with Crippen molar-refractivity contribution in [3.05, 3.63) is 35.9 Å². The molecule has 22 heavy (non-hydrogen) atoms. The molecule has 4 heteroatoms. The number of carbonyl (C=O) groups is 1. The van der Waals surface area contributed by atoms with Gasteiger partial charge in [0.2, 0.25) is 5.91 Å². The van der Waals surface area contributed by atoms with Gasteiger partial charge in [0.25, 0.3) is 0 Å². The zero-order valence-electron chi connectivity index (χ0n) is 13.1. The van der Waals surface area contributed by atoms with Crippen molar-refractivity contribution in [3.8, 4) is 0 Å². The molecule has 1 amide bonds. The Bertz CT molecular complexity index is 467. The van der Waals surface area contributed by atoms with Crippen LogP contribution in [0.15, 0.2) is 30.3 Å². The average molecular weight is 323 g/mol. The van der Waals surface area contributed by atoms with Crippen molar-refractivity contribution >= 4 is 18.3 Å². The maximum Gasteiger partial charge on any atom is 0.223 e. The number of amides is 1. The highest BCUT2D eigenvalue weighted by Crippen LogP contribution is 2.43. The van der Waals surface area contributed by atoms with Crippen LogP contribution in [0.2, 0.25) is 0 Å². The first-order valence-corrected chi connectivity index (χ1v) is 8.30. The van der Waals surface area contributed by atoms with E-state index in [9.17, 15) is 4.79 Å². The molecule has 0 aromatic heterocycles. The second kappa shape index (κ2) is 7.98. The first-order valence-electron chi connectivity index (χ1n) is 8.30. The number of benzene rings is 1. The number of hydrogen-bond donors (Lipinski definition) is 2. The fourth-order valence-electron chi connectivity index (χ4n) is 3.62. The third-order valence-corrected chi connectivity index (χ3v) is 5.18. The van der Waals surface area contributed by atoms with E-state index in [2.05, 4.69) is 41.0 Å². The molecule has 2 N–H and O–H groups in total. The molecule has 122 valence electrons. The maximum absolute atomic E-state index is 12.3. The Hall–Kier alpha value is -1.06. The molecular weight excluding hydrogens is 296 g/mol. The van der Waals surface area contributed by atoms with Gasteiger partial charge in [-0.05, 0) is 56.2 Å². The molecule has 0 atom stereocenters. The summed E-state index contributed by atoms with van der Waals surface area (Å²) in [5, 5.41) is 6.57. The predicted octanol–water partition coefficient (Wildman–Crippen LogP) is 2.94. The highest BCUT2D eigenvalue weighted by molar-refractivity contribution is 5.85. The van der Waals surface area contributed by atoms with E-state index in [1.165, 1.54) is 24.8 Å². The van der Waals surface area contributed by atoms with Crippen LogP contribution in [-0.2, 0) is 11.2 Å². The molecule has 1 heterocycles. The Morgan fingerprint density at radius 1 is 1.18 bits per heavy atom. The molecule has 1 saturated heterocycles. The van der Waals surface area contributed by atoms with Crippen LogP contribution in [0, 0.1) is 11.3 Å². The van der Waals surface area contributed by atoms with E-state index < -0.39 is 0 Å². The summed E-state index contributed by atoms with van der Waals surface area (Å²) in [5.41, 5.74) is 1.71. The van der Waals surface area contributed by atoms with Gasteiger partial charge in [-0.1, -0.05) is 36.8 Å². The van der Waals surface area contributed by atoms with Crippen LogP contribution in [0.1, 0.15) is 37.7 Å². The molecule has 1 saturated carbocycles. The van der Waals surface area contributed by atoms with Gasteiger partial charge in [-0.25, -0.2) is 0 Å². The molecule has 1 aromatic carbocycles. The third-order valence-electron chi connectivity index (χ3n) is 5.18. The van der Waals surface area contributed by atoms with E-state index >= 15 is 0 Å². The third kappa shape index (κ3) is 4.23. The van der Waals surface area contributed by atoms with Crippen molar-refractivity contribution in [1.29, 1.82) is 0 Å². The van der Waals surface area contributed by atoms with Gasteiger partial charge in [0.15, 0.2) is 0 Å². The smallest absolute Gasteiger partial charge is 0.223 e. The van der Waals surface area contributed by atoms with E-state index in [-0.39, 0.29) is 24.2 Å². The van der Waals surface area contributed by atoms with Gasteiger partial charge in [-0.3, -0.25) is 4.79 Å². The monoisotopic (exact) mass is 322 g/mol. The lowest BCUT2D eigenvalue weighted by molar-refractivity contribution is -0.126. The minimum atomic E-state index is 0. The van der Waals surface area contributed by atoms with Crippen molar-refractivity contribution in [2.24, 2.45) is 11.3 Å². The lowest BCUT2D eigenvalue weighted by atomic mass is 9.65. The molecule has 0 spiro atoms. The summed E-state index contributed by atoms with van der Waals surface area (Å²) in [6, 6.07) is 10.7. The van der Waals surface area contributed by atoms with Crippen LogP contribution in [0.5, 0.6) is 0 Å². The van der Waals surface area contributed by atoms with E-state index in [0.29, 0.717) is 5.41 Å². The Morgan fingerprint density at radius 2 is 1.86 bits per heavy atom. The van der Waals surface area contributed by atoms with Crippen LogP contribution in [0.3, 0.4) is 0 Å². The lowest BCUT2D eigenvalue weighted by Crippen LogP contribution is -2.46. The zero-order valence-corrected chi connectivity index (χ0v) is 14.0. The molecule has 0 bridgehead atoms. The minimum absolute atomic E-state index is 0. The average Bonchev–Trinajstić information content (AvgIpc) is 2.51.